The fraction of sp³-hybridized carbons (Fsp3) is 0.250. The number of hydrogen-bond donors (Lipinski definition) is 1. The van der Waals surface area contributed by atoms with Crippen molar-refractivity contribution in [3.05, 3.63) is 126 Å². The minimum absolute atomic E-state index is 0.0522. The van der Waals surface area contributed by atoms with Crippen LogP contribution in [0.3, 0.4) is 0 Å². The SMILES string of the molecule is CC(C)(C)Sc1c(CC(C)(C)c2nnc(N)o2)n(Cc2ccc(-c3ccc(F)cn3)cc2)c2ccc(OCc3ccc4ccccc4n3)cc12. The van der Waals surface area contributed by atoms with E-state index in [1.807, 2.05) is 54.2 Å². The third-order valence-corrected chi connectivity index (χ3v) is 9.76. The van der Waals surface area contributed by atoms with Gasteiger partial charge < -0.3 is 19.5 Å². The Kier molecular flexibility index (Phi) is 8.82. The Morgan fingerprint density at radius 3 is 2.42 bits per heavy atom. The van der Waals surface area contributed by atoms with Crippen molar-refractivity contribution in [3.63, 3.8) is 0 Å². The van der Waals surface area contributed by atoms with Crippen LogP contribution in [0.4, 0.5) is 10.4 Å². The van der Waals surface area contributed by atoms with Gasteiger partial charge in [-0.15, -0.1) is 16.9 Å². The molecule has 4 heterocycles. The molecule has 0 amide bonds. The lowest BCUT2D eigenvalue weighted by Crippen LogP contribution is -2.24. The lowest BCUT2D eigenvalue weighted by molar-refractivity contribution is 0.302. The Labute approximate surface area is 294 Å². The van der Waals surface area contributed by atoms with Crippen LogP contribution in [0, 0.1) is 5.82 Å². The van der Waals surface area contributed by atoms with Gasteiger partial charge in [-0.1, -0.05) is 88.2 Å². The summed E-state index contributed by atoms with van der Waals surface area (Å²) in [6.07, 6.45) is 1.86. The molecule has 0 aliphatic rings. The van der Waals surface area contributed by atoms with Crippen LogP contribution < -0.4 is 10.5 Å². The largest absolute Gasteiger partial charge is 0.487 e. The van der Waals surface area contributed by atoms with Gasteiger partial charge in [-0.25, -0.2) is 9.37 Å². The highest BCUT2D eigenvalue weighted by molar-refractivity contribution is 8.00. The molecule has 3 aromatic carbocycles. The minimum atomic E-state index is -0.511. The van der Waals surface area contributed by atoms with Crippen molar-refractivity contribution in [3.8, 4) is 17.0 Å². The number of nitrogens with two attached hydrogens (primary N) is 1. The normalized spacial score (nSPS) is 12.2. The summed E-state index contributed by atoms with van der Waals surface area (Å²) in [5, 5.41) is 10.4. The van der Waals surface area contributed by atoms with Gasteiger partial charge in [-0.3, -0.25) is 4.98 Å². The Balaban J connectivity index is 1.29. The average Bonchev–Trinajstić information content (AvgIpc) is 3.65. The van der Waals surface area contributed by atoms with Crippen molar-refractivity contribution in [1.82, 2.24) is 24.7 Å². The van der Waals surface area contributed by atoms with Crippen molar-refractivity contribution < 1.29 is 13.5 Å². The van der Waals surface area contributed by atoms with Crippen LogP contribution in [0.15, 0.2) is 107 Å². The smallest absolute Gasteiger partial charge is 0.312 e. The highest BCUT2D eigenvalue weighted by Crippen LogP contribution is 2.44. The molecule has 0 saturated heterocycles. The van der Waals surface area contributed by atoms with Crippen molar-refractivity contribution >= 4 is 39.6 Å². The second kappa shape index (κ2) is 13.2. The zero-order valence-corrected chi connectivity index (χ0v) is 29.6. The van der Waals surface area contributed by atoms with E-state index < -0.39 is 5.41 Å². The van der Waals surface area contributed by atoms with Crippen molar-refractivity contribution in [2.24, 2.45) is 0 Å². The molecule has 0 atom stereocenters. The number of pyridine rings is 2. The van der Waals surface area contributed by atoms with Gasteiger partial charge >= 0.3 is 6.01 Å². The van der Waals surface area contributed by atoms with Crippen LogP contribution in [0.1, 0.15) is 57.5 Å². The molecule has 0 unspecified atom stereocenters. The molecule has 2 N–H and O–H groups in total. The summed E-state index contributed by atoms with van der Waals surface area (Å²) in [5.74, 6) is 0.903. The summed E-state index contributed by atoms with van der Waals surface area (Å²) in [7, 11) is 0. The van der Waals surface area contributed by atoms with Crippen LogP contribution in [0.25, 0.3) is 33.1 Å². The molecule has 0 aliphatic carbocycles. The average molecular weight is 687 g/mol. The van der Waals surface area contributed by atoms with Gasteiger partial charge in [0.25, 0.3) is 0 Å². The molecule has 0 saturated carbocycles. The molecule has 0 bridgehead atoms. The number of hydrogen-bond acceptors (Lipinski definition) is 8. The third kappa shape index (κ3) is 7.21. The molecule has 10 heteroatoms. The monoisotopic (exact) mass is 686 g/mol. The molecule has 0 aliphatic heterocycles. The van der Waals surface area contributed by atoms with Gasteiger partial charge in [0.05, 0.1) is 23.1 Å². The van der Waals surface area contributed by atoms with Gasteiger partial charge in [-0.2, -0.15) is 0 Å². The quantitative estimate of drug-likeness (QED) is 0.142. The predicted octanol–water partition coefficient (Wildman–Crippen LogP) is 9.39. The van der Waals surface area contributed by atoms with E-state index in [-0.39, 0.29) is 16.6 Å². The van der Waals surface area contributed by atoms with Gasteiger partial charge in [0, 0.05) is 55.6 Å². The highest BCUT2D eigenvalue weighted by atomic mass is 32.2. The molecule has 8 nitrogen and oxygen atoms in total. The molecule has 0 radical (unpaired) electrons. The molecule has 50 heavy (non-hydrogen) atoms. The van der Waals surface area contributed by atoms with Crippen LogP contribution in [-0.2, 0) is 25.0 Å². The van der Waals surface area contributed by atoms with Gasteiger partial charge in [-0.05, 0) is 48.0 Å². The molecular weight excluding hydrogens is 648 g/mol. The fourth-order valence-corrected chi connectivity index (χ4v) is 7.27. The van der Waals surface area contributed by atoms with E-state index in [9.17, 15) is 4.39 Å². The van der Waals surface area contributed by atoms with Crippen LogP contribution in [-0.4, -0.2) is 29.5 Å². The highest BCUT2D eigenvalue weighted by Gasteiger charge is 2.33. The number of benzene rings is 3. The number of fused-ring (bicyclic) bond motifs is 2. The summed E-state index contributed by atoms with van der Waals surface area (Å²) >= 11 is 1.84. The van der Waals surface area contributed by atoms with E-state index in [1.165, 1.54) is 17.2 Å². The van der Waals surface area contributed by atoms with Crippen LogP contribution in [0.2, 0.25) is 0 Å². The number of rotatable bonds is 10. The molecule has 254 valence electrons. The summed E-state index contributed by atoms with van der Waals surface area (Å²) in [6, 6.07) is 29.9. The lowest BCUT2D eigenvalue weighted by Gasteiger charge is -2.25. The van der Waals surface area contributed by atoms with Gasteiger partial charge in [0.2, 0.25) is 5.89 Å². The molecule has 0 fully saturated rings. The maximum absolute atomic E-state index is 13.5. The lowest BCUT2D eigenvalue weighted by atomic mass is 9.87. The van der Waals surface area contributed by atoms with Crippen molar-refractivity contribution in [1.29, 1.82) is 0 Å². The number of halogens is 1. The molecule has 4 aromatic heterocycles. The first kappa shape index (κ1) is 33.3. The first-order valence-corrected chi connectivity index (χ1v) is 17.4. The number of ether oxygens (including phenoxy) is 1. The number of thioether (sulfide) groups is 1. The number of nitrogens with zero attached hydrogens (tertiary/aromatic N) is 5. The molecule has 7 rings (SSSR count). The Morgan fingerprint density at radius 1 is 0.900 bits per heavy atom. The van der Waals surface area contributed by atoms with Gasteiger partial charge in [0.1, 0.15) is 18.2 Å². The maximum atomic E-state index is 13.5. The predicted molar refractivity (Wildman–Crippen MR) is 198 cm³/mol. The minimum Gasteiger partial charge on any atom is -0.487 e. The number of nitrogen functional groups attached to an aromatic ring is 1. The first-order chi connectivity index (χ1) is 23.9. The summed E-state index contributed by atoms with van der Waals surface area (Å²) in [4.78, 5) is 10.2. The third-order valence-electron chi connectivity index (χ3n) is 8.49. The number of aromatic nitrogens is 5. The first-order valence-electron chi connectivity index (χ1n) is 16.5. The summed E-state index contributed by atoms with van der Waals surface area (Å²) in [6.45, 7) is 11.9. The van der Waals surface area contributed by atoms with Gasteiger partial charge in [0.15, 0.2) is 0 Å². The second-order valence-corrected chi connectivity index (χ2v) is 15.9. The molecular formula is C40H39FN6O2S. The van der Waals surface area contributed by atoms with E-state index in [0.717, 1.165) is 55.8 Å². The zero-order valence-electron chi connectivity index (χ0n) is 28.8. The van der Waals surface area contributed by atoms with E-state index in [4.69, 9.17) is 19.9 Å². The van der Waals surface area contributed by atoms with Crippen molar-refractivity contribution in [2.75, 3.05) is 5.73 Å². The maximum Gasteiger partial charge on any atom is 0.312 e. The molecule has 7 aromatic rings. The zero-order chi connectivity index (χ0) is 35.0. The molecule has 0 spiro atoms. The van der Waals surface area contributed by atoms with Crippen molar-refractivity contribution in [2.45, 2.75) is 69.2 Å². The van der Waals surface area contributed by atoms with Crippen LogP contribution in [0.5, 0.6) is 5.75 Å². The standard InChI is InChI=1S/C40H39FN6O2S/c1-39(2,3)50-36-31-20-30(48-24-29-16-14-26-8-6-7-9-33(26)44-29)17-19-34(31)47(35(36)21-40(4,5)37-45-46-38(42)49-37)23-25-10-12-27(13-11-25)32-18-15-28(41)22-43-32/h6-20,22H,21,23-24H2,1-5H3,(H2,42,46). The topological polar surface area (TPSA) is 105 Å². The van der Waals surface area contributed by atoms with E-state index >= 15 is 0 Å². The number of anilines is 1. The van der Waals surface area contributed by atoms with E-state index in [0.29, 0.717) is 25.5 Å². The fourth-order valence-electron chi connectivity index (χ4n) is 6.08. The summed E-state index contributed by atoms with van der Waals surface area (Å²) in [5.41, 5.74) is 12.2. The Morgan fingerprint density at radius 2 is 1.70 bits per heavy atom. The van der Waals surface area contributed by atoms with Crippen LogP contribution >= 0.6 is 11.8 Å². The Hall–Kier alpha value is -5.22. The summed E-state index contributed by atoms with van der Waals surface area (Å²) < 4.78 is 27.9. The second-order valence-electron chi connectivity index (χ2n) is 14.1. The van der Waals surface area contributed by atoms with E-state index in [2.05, 4.69) is 90.8 Å². The number of para-hydroxylation sites is 1. The van der Waals surface area contributed by atoms with E-state index in [1.54, 1.807) is 6.07 Å². The Bertz CT molecular complexity index is 2290.